The maximum absolute atomic E-state index is 13.9. The second-order valence-electron chi connectivity index (χ2n) is 13.4. The Hall–Kier alpha value is -1.36. The highest BCUT2D eigenvalue weighted by Gasteiger charge is 2.64. The van der Waals surface area contributed by atoms with Gasteiger partial charge in [-0.1, -0.05) is 0 Å². The molecule has 4 rings (SSSR count). The number of aliphatic hydroxyl groups is 4. The summed E-state index contributed by atoms with van der Waals surface area (Å²) < 4.78 is 108. The van der Waals surface area contributed by atoms with E-state index >= 15 is 0 Å². The number of nitrogens with one attached hydrogen (secondary N) is 2. The number of H-pyrrole nitrogens is 2. The largest absolute Gasteiger partial charge is 0.488 e. The van der Waals surface area contributed by atoms with Crippen LogP contribution in [-0.4, -0.2) is 140 Å². The number of hydrogen-bond acceptors (Lipinski definition) is 22. The van der Waals surface area contributed by atoms with E-state index in [2.05, 4.69) is 49.9 Å². The maximum Gasteiger partial charge on any atom is 0.488 e. The summed E-state index contributed by atoms with van der Waals surface area (Å²) >= 11 is 8.81. The van der Waals surface area contributed by atoms with Crippen molar-refractivity contribution in [2.45, 2.75) is 60.9 Å². The van der Waals surface area contributed by atoms with Crippen molar-refractivity contribution in [3.63, 3.8) is 0 Å². The molecular formula is C22H36F2N4O28P6S2. The second kappa shape index (κ2) is 19.9. The summed E-state index contributed by atoms with van der Waals surface area (Å²) in [6, 6.07) is 1.75. The summed E-state index contributed by atoms with van der Waals surface area (Å²) in [6.45, 7) is -13.6. The van der Waals surface area contributed by atoms with Crippen LogP contribution in [0.15, 0.2) is 43.7 Å². The van der Waals surface area contributed by atoms with E-state index in [1.54, 1.807) is 0 Å². The lowest BCUT2D eigenvalue weighted by molar-refractivity contribution is -0.136. The van der Waals surface area contributed by atoms with Gasteiger partial charge in [-0.25, -0.2) is 45.3 Å². The molecule has 32 nitrogen and oxygen atoms in total. The molecule has 2 fully saturated rings. The highest BCUT2D eigenvalue weighted by atomic mass is 32.5. The lowest BCUT2D eigenvalue weighted by atomic mass is 9.88. The van der Waals surface area contributed by atoms with Crippen LogP contribution in [0.4, 0.5) is 8.78 Å². The molecule has 0 radical (unpaired) electrons. The van der Waals surface area contributed by atoms with Crippen LogP contribution in [0, 0.1) is 0 Å². The van der Waals surface area contributed by atoms with Gasteiger partial charge in [0.15, 0.2) is 23.7 Å². The molecule has 4 unspecified atom stereocenters. The third-order valence-corrected chi connectivity index (χ3v) is 17.6. The van der Waals surface area contributed by atoms with Gasteiger partial charge in [0.2, 0.25) is 0 Å². The summed E-state index contributed by atoms with van der Waals surface area (Å²) in [5.41, 5.74) is -13.6. The van der Waals surface area contributed by atoms with Gasteiger partial charge in [-0.2, -0.15) is 8.62 Å². The number of halogens is 2. The smallest absolute Gasteiger partial charge is 0.387 e. The zero-order valence-corrected chi connectivity index (χ0v) is 38.5. The fourth-order valence-corrected chi connectivity index (χ4v) is 13.5. The van der Waals surface area contributed by atoms with Gasteiger partial charge < -0.3 is 78.1 Å². The monoisotopic (exact) mass is 1090 g/mol. The summed E-state index contributed by atoms with van der Waals surface area (Å²) in [5, 5.41) is 42.2. The quantitative estimate of drug-likeness (QED) is 0.0650. The number of ether oxygens (including phenoxy) is 2. The molecular weight excluding hydrogens is 1060 g/mol. The first-order valence-electron chi connectivity index (χ1n) is 16.2. The van der Waals surface area contributed by atoms with E-state index in [4.69, 9.17) is 29.0 Å². The van der Waals surface area contributed by atoms with Crippen LogP contribution in [0.1, 0.15) is 26.3 Å². The fraction of sp³-hybridized carbons (Fsp3) is 0.636. The van der Waals surface area contributed by atoms with Gasteiger partial charge in [-0.3, -0.25) is 28.7 Å². The molecule has 0 spiro atoms. The standard InChI is InChI=1S/2C11H18FN2O14P3S/c2*1-10(18)7(16)11(4-12,26-8(10)14-3-2-6(15)13-9(14)17)5-25-31(24,32)28-30(22,23)27-29(19,20)21/h2*2-3,7-8,16,18H,4-5H2,1H3,(H,22,23)(H,24,32)(H,13,15,17)(H2,19,20,21)/t2*7-,8+,10+,11+,31?/m00/s1. The number of alkyl halides is 2. The molecule has 2 aliphatic heterocycles. The van der Waals surface area contributed by atoms with Crippen molar-refractivity contribution in [1.29, 1.82) is 0 Å². The Morgan fingerprint density at radius 1 is 0.641 bits per heavy atom. The van der Waals surface area contributed by atoms with Crippen molar-refractivity contribution in [1.82, 2.24) is 19.1 Å². The maximum atomic E-state index is 13.9. The van der Waals surface area contributed by atoms with Crippen LogP contribution in [0.25, 0.3) is 0 Å². The molecule has 14 N–H and O–H groups in total. The van der Waals surface area contributed by atoms with Crippen LogP contribution in [-0.2, 0) is 77.6 Å². The van der Waals surface area contributed by atoms with E-state index in [1.165, 1.54) is 0 Å². The number of hydrogen-bond donors (Lipinski definition) is 14. The molecule has 2 aromatic heterocycles. The molecule has 2 aromatic rings. The zero-order chi connectivity index (χ0) is 49.5. The average Bonchev–Trinajstić information content (AvgIpc) is 3.42. The Kier molecular flexibility index (Phi) is 17.7. The van der Waals surface area contributed by atoms with E-state index in [9.17, 15) is 86.2 Å². The van der Waals surface area contributed by atoms with Crippen LogP contribution in [0.5, 0.6) is 0 Å². The number of nitrogens with zero attached hydrogens (tertiary/aromatic N) is 2. The van der Waals surface area contributed by atoms with Crippen molar-refractivity contribution in [3.05, 3.63) is 66.2 Å². The number of phosphoric acid groups is 4. The predicted octanol–water partition coefficient (Wildman–Crippen LogP) is -3.31. The predicted molar refractivity (Wildman–Crippen MR) is 207 cm³/mol. The van der Waals surface area contributed by atoms with Gasteiger partial charge in [0, 0.05) is 24.5 Å². The molecule has 4 heterocycles. The Bertz CT molecular complexity index is 2410. The number of aromatic amines is 2. The lowest BCUT2D eigenvalue weighted by Gasteiger charge is -2.31. The first-order chi connectivity index (χ1) is 28.7. The van der Waals surface area contributed by atoms with Gasteiger partial charge in [-0.05, 0) is 37.5 Å². The van der Waals surface area contributed by atoms with Crippen LogP contribution < -0.4 is 22.5 Å². The molecule has 0 aromatic carbocycles. The van der Waals surface area contributed by atoms with Crippen LogP contribution in [0.3, 0.4) is 0 Å². The average molecular weight is 1090 g/mol. The number of aliphatic hydroxyl groups excluding tert-OH is 2. The summed E-state index contributed by atoms with van der Waals surface area (Å²) in [7, 11) is -22.4. The zero-order valence-electron chi connectivity index (χ0n) is 31.5. The minimum atomic E-state index is -5.66. The molecule has 64 heavy (non-hydrogen) atoms. The third-order valence-electron chi connectivity index (χ3n) is 8.23. The second-order valence-corrected chi connectivity index (χ2v) is 25.0. The van der Waals surface area contributed by atoms with Crippen molar-refractivity contribution in [2.75, 3.05) is 26.6 Å². The minimum absolute atomic E-state index is 0.628. The first-order valence-corrected chi connectivity index (χ1v) is 27.4. The molecule has 368 valence electrons. The first kappa shape index (κ1) is 57.0. The molecule has 0 amide bonds. The van der Waals surface area contributed by atoms with E-state index in [0.717, 1.165) is 38.4 Å². The van der Waals surface area contributed by atoms with E-state index in [-0.39, 0.29) is 0 Å². The topological polar surface area (TPSA) is 495 Å². The Morgan fingerprint density at radius 3 is 1.19 bits per heavy atom. The SMILES string of the molecule is C[C@@]1(O)[C@H](O)[C@@](CF)(COP(O)(=S)OP(=O)(O)OP(=O)(O)O)O[C@H]1n1ccc(=O)[nH]c1=O.C[C@@]1(O)[C@H](O)[C@@](CF)(COP(O)(=S)OP(=O)(O)OP(=O)(O)O)O[C@H]1n1ccc(=O)[nH]c1=O. The summed E-state index contributed by atoms with van der Waals surface area (Å²) in [6.07, 6.45) is -6.12. The molecule has 2 saturated heterocycles. The number of rotatable bonds is 18. The van der Waals surface area contributed by atoms with Gasteiger partial charge in [0.25, 0.3) is 11.1 Å². The van der Waals surface area contributed by atoms with Crippen LogP contribution in [0.2, 0.25) is 0 Å². The molecule has 2 aliphatic rings. The molecule has 0 saturated carbocycles. The normalized spacial score (nSPS) is 32.4. The van der Waals surface area contributed by atoms with Crippen molar-refractivity contribution >= 4 is 68.3 Å². The molecule has 0 aliphatic carbocycles. The number of aromatic nitrogens is 4. The molecule has 42 heteroatoms. The van der Waals surface area contributed by atoms with Crippen LogP contribution >= 0.6 is 44.7 Å². The summed E-state index contributed by atoms with van der Waals surface area (Å²) in [5.74, 6) is 0. The highest BCUT2D eigenvalue weighted by Crippen LogP contribution is 2.68. The van der Waals surface area contributed by atoms with Gasteiger partial charge >= 0.3 is 56.1 Å². The Morgan fingerprint density at radius 2 is 0.938 bits per heavy atom. The van der Waals surface area contributed by atoms with E-state index in [1.807, 2.05) is 9.97 Å². The van der Waals surface area contributed by atoms with E-state index < -0.39 is 141 Å². The Balaban J connectivity index is 0.000000340. The molecule has 12 atom stereocenters. The Labute approximate surface area is 362 Å². The fourth-order valence-electron chi connectivity index (χ4n) is 5.55. The third kappa shape index (κ3) is 14.3. The molecule has 0 bridgehead atoms. The summed E-state index contributed by atoms with van der Waals surface area (Å²) in [4.78, 5) is 123. The van der Waals surface area contributed by atoms with E-state index in [0.29, 0.717) is 9.13 Å². The minimum Gasteiger partial charge on any atom is -0.387 e. The van der Waals surface area contributed by atoms with Crippen molar-refractivity contribution in [2.24, 2.45) is 0 Å². The van der Waals surface area contributed by atoms with Gasteiger partial charge in [0.1, 0.15) is 36.8 Å². The van der Waals surface area contributed by atoms with Crippen molar-refractivity contribution < 1.29 is 122 Å². The van der Waals surface area contributed by atoms with Gasteiger partial charge in [-0.15, -0.1) is 0 Å². The highest BCUT2D eigenvalue weighted by molar-refractivity contribution is 8.09. The van der Waals surface area contributed by atoms with Gasteiger partial charge in [0.05, 0.1) is 13.2 Å². The van der Waals surface area contributed by atoms with Crippen molar-refractivity contribution in [3.8, 4) is 0 Å². The lowest BCUT2D eigenvalue weighted by Crippen LogP contribution is -2.53.